The second kappa shape index (κ2) is 17.7. The molecule has 4 amide bonds. The Labute approximate surface area is 353 Å². The molecule has 3 aromatic carbocycles. The molecule has 0 saturated carbocycles. The summed E-state index contributed by atoms with van der Waals surface area (Å²) in [6.07, 6.45) is 8.64. The zero-order valence-electron chi connectivity index (χ0n) is 34.6. The molecular formula is C46H49N9O6. The van der Waals surface area contributed by atoms with Gasteiger partial charge in [0.25, 0.3) is 5.91 Å². The van der Waals surface area contributed by atoms with Gasteiger partial charge in [0.1, 0.15) is 23.7 Å². The number of imidazole rings is 2. The first-order chi connectivity index (χ1) is 29.6. The van der Waals surface area contributed by atoms with Crippen molar-refractivity contribution in [1.29, 1.82) is 0 Å². The summed E-state index contributed by atoms with van der Waals surface area (Å²) < 4.78 is 9.58. The highest BCUT2D eigenvalue weighted by molar-refractivity contribution is 5.91. The number of nitrogens with zero attached hydrogens (tertiary/aromatic N) is 5. The van der Waals surface area contributed by atoms with Crippen molar-refractivity contribution >= 4 is 34.8 Å². The Bertz CT molecular complexity index is 2540. The predicted octanol–water partition coefficient (Wildman–Crippen LogP) is 7.49. The minimum atomic E-state index is -0.943. The van der Waals surface area contributed by atoms with Crippen LogP contribution in [0.1, 0.15) is 74.9 Å². The summed E-state index contributed by atoms with van der Waals surface area (Å²) in [6, 6.07) is 22.4. The molecule has 314 valence electrons. The Morgan fingerprint density at radius 2 is 1.21 bits per heavy atom. The van der Waals surface area contributed by atoms with Crippen LogP contribution in [0.3, 0.4) is 0 Å². The first kappa shape index (κ1) is 40.7. The average Bonchev–Trinajstić information content (AvgIpc) is 4.14. The molecule has 8 rings (SSSR count). The fourth-order valence-corrected chi connectivity index (χ4v) is 8.43. The SMILES string of the molecule is COC(=O)NC(C(=O)N1CCCC1c1ncc(-c2ccc(-c3ccc4cc(-c5cnc([C@@H]6CCCN6C(=O)[C@@H](NC(=O)OC)C(C)C)[nH]5)ccc4c3)cc2)[nH]1)c1cccnc1. The average molecular weight is 824 g/mol. The number of hydrogen-bond donors (Lipinski definition) is 4. The molecule has 61 heavy (non-hydrogen) atoms. The van der Waals surface area contributed by atoms with Crippen LogP contribution in [0, 0.1) is 5.92 Å². The van der Waals surface area contributed by atoms with Crippen molar-refractivity contribution in [2.75, 3.05) is 27.3 Å². The summed E-state index contributed by atoms with van der Waals surface area (Å²) in [7, 11) is 2.56. The number of methoxy groups -OCH3 is 2. The fraction of sp³-hybridized carbons (Fsp3) is 0.326. The van der Waals surface area contributed by atoms with Gasteiger partial charge in [-0.05, 0) is 77.3 Å². The molecule has 4 atom stereocenters. The van der Waals surface area contributed by atoms with Gasteiger partial charge in [-0.15, -0.1) is 0 Å². The van der Waals surface area contributed by atoms with Gasteiger partial charge in [-0.25, -0.2) is 19.6 Å². The molecule has 2 aliphatic rings. The van der Waals surface area contributed by atoms with Gasteiger partial charge >= 0.3 is 12.2 Å². The molecule has 2 fully saturated rings. The van der Waals surface area contributed by atoms with E-state index in [1.165, 1.54) is 14.2 Å². The number of fused-ring (bicyclic) bond motifs is 1. The first-order valence-corrected chi connectivity index (χ1v) is 20.6. The van der Waals surface area contributed by atoms with Crippen LogP contribution in [-0.2, 0) is 19.1 Å². The van der Waals surface area contributed by atoms with Crippen molar-refractivity contribution in [3.05, 3.63) is 115 Å². The molecule has 4 N–H and O–H groups in total. The Kier molecular flexibility index (Phi) is 11.8. The number of nitrogens with one attached hydrogen (secondary N) is 4. The van der Waals surface area contributed by atoms with E-state index in [4.69, 9.17) is 19.4 Å². The summed E-state index contributed by atoms with van der Waals surface area (Å²) in [5.41, 5.74) is 6.37. The quantitative estimate of drug-likeness (QED) is 0.103. The number of rotatable bonds is 11. The number of carbonyl (C=O) groups excluding carboxylic acids is 4. The van der Waals surface area contributed by atoms with Crippen LogP contribution in [0.5, 0.6) is 0 Å². The summed E-state index contributed by atoms with van der Waals surface area (Å²) in [4.78, 5) is 75.7. The standard InChI is InChI=1S/C46H49N9O6/c1-27(2)39(52-45(58)60-3)43(56)54-20-6-9-37(54)42-49-26-36(51-42)33-18-17-31-22-30(15-16-32(31)23-33)28-11-13-29(14-12-28)35-25-48-41(50-35)38-10-7-21-55(38)44(57)40(53-46(59)61-4)34-8-5-19-47-24-34/h5,8,11-19,22-27,37-40H,6-7,9-10,20-21H2,1-4H3,(H,48,50)(H,49,51)(H,52,58)(H,53,59)/t37-,38?,39-,40?/m0/s1. The molecule has 15 heteroatoms. The van der Waals surface area contributed by atoms with Gasteiger partial charge in [-0.3, -0.25) is 14.6 Å². The van der Waals surface area contributed by atoms with Crippen molar-refractivity contribution in [1.82, 2.24) is 45.4 Å². The second-order valence-corrected chi connectivity index (χ2v) is 15.8. The van der Waals surface area contributed by atoms with E-state index in [1.807, 2.05) is 24.9 Å². The predicted molar refractivity (Wildman–Crippen MR) is 229 cm³/mol. The number of amides is 4. The van der Waals surface area contributed by atoms with Crippen LogP contribution in [0.4, 0.5) is 9.59 Å². The molecule has 15 nitrogen and oxygen atoms in total. The van der Waals surface area contributed by atoms with Gasteiger partial charge in [0.05, 0.1) is 50.1 Å². The smallest absolute Gasteiger partial charge is 0.407 e. The van der Waals surface area contributed by atoms with Crippen LogP contribution in [0.2, 0.25) is 0 Å². The molecule has 2 saturated heterocycles. The largest absolute Gasteiger partial charge is 0.453 e. The second-order valence-electron chi connectivity index (χ2n) is 15.8. The number of carbonyl (C=O) groups is 4. The van der Waals surface area contributed by atoms with Crippen LogP contribution < -0.4 is 10.6 Å². The number of ether oxygens (including phenoxy) is 2. The maximum absolute atomic E-state index is 13.9. The third-order valence-electron chi connectivity index (χ3n) is 11.7. The number of aromatic amines is 2. The normalized spacial score (nSPS) is 17.3. The van der Waals surface area contributed by atoms with Gasteiger partial charge in [0.2, 0.25) is 5.91 Å². The van der Waals surface area contributed by atoms with E-state index in [0.717, 1.165) is 75.9 Å². The molecule has 0 spiro atoms. The maximum atomic E-state index is 13.9. The number of alkyl carbamates (subject to hydrolysis) is 2. The maximum Gasteiger partial charge on any atom is 0.407 e. The van der Waals surface area contributed by atoms with E-state index in [2.05, 4.69) is 86.2 Å². The van der Waals surface area contributed by atoms with Crippen molar-refractivity contribution < 1.29 is 28.7 Å². The van der Waals surface area contributed by atoms with Gasteiger partial charge in [-0.1, -0.05) is 68.4 Å². The lowest BCUT2D eigenvalue weighted by molar-refractivity contribution is -0.135. The Morgan fingerprint density at radius 3 is 1.80 bits per heavy atom. The van der Waals surface area contributed by atoms with Gasteiger partial charge in [0.15, 0.2) is 0 Å². The summed E-state index contributed by atoms with van der Waals surface area (Å²) in [5.74, 6) is 0.911. The van der Waals surface area contributed by atoms with Crippen molar-refractivity contribution in [2.45, 2.75) is 63.7 Å². The van der Waals surface area contributed by atoms with Crippen LogP contribution >= 0.6 is 0 Å². The van der Waals surface area contributed by atoms with Crippen LogP contribution in [0.25, 0.3) is 44.4 Å². The highest BCUT2D eigenvalue weighted by Crippen LogP contribution is 2.36. The van der Waals surface area contributed by atoms with Crippen molar-refractivity contribution in [3.63, 3.8) is 0 Å². The third kappa shape index (κ3) is 8.54. The van der Waals surface area contributed by atoms with Gasteiger partial charge in [-0.2, -0.15) is 0 Å². The van der Waals surface area contributed by atoms with Crippen molar-refractivity contribution in [2.24, 2.45) is 5.92 Å². The number of pyridine rings is 1. The molecule has 2 unspecified atom stereocenters. The van der Waals surface area contributed by atoms with E-state index in [-0.39, 0.29) is 29.8 Å². The van der Waals surface area contributed by atoms with E-state index >= 15 is 0 Å². The van der Waals surface area contributed by atoms with E-state index in [0.29, 0.717) is 24.5 Å². The molecule has 3 aromatic heterocycles. The Hall–Kier alpha value is -7.03. The fourth-order valence-electron chi connectivity index (χ4n) is 8.43. The summed E-state index contributed by atoms with van der Waals surface area (Å²) in [5, 5.41) is 7.55. The molecule has 2 aliphatic heterocycles. The highest BCUT2D eigenvalue weighted by Gasteiger charge is 2.39. The van der Waals surface area contributed by atoms with E-state index in [9.17, 15) is 19.2 Å². The lowest BCUT2D eigenvalue weighted by Gasteiger charge is -2.30. The number of H-pyrrole nitrogens is 2. The minimum absolute atomic E-state index is 0.109. The molecular weight excluding hydrogens is 775 g/mol. The monoisotopic (exact) mass is 823 g/mol. The van der Waals surface area contributed by atoms with Gasteiger partial charge in [0, 0.05) is 36.6 Å². The lowest BCUT2D eigenvalue weighted by atomic mass is 9.98. The topological polar surface area (TPSA) is 188 Å². The first-order valence-electron chi connectivity index (χ1n) is 20.6. The van der Waals surface area contributed by atoms with E-state index < -0.39 is 24.3 Å². The number of hydrogen-bond acceptors (Lipinski definition) is 9. The Morgan fingerprint density at radius 1 is 0.672 bits per heavy atom. The lowest BCUT2D eigenvalue weighted by Crippen LogP contribution is -2.51. The van der Waals surface area contributed by atoms with Crippen LogP contribution in [0.15, 0.2) is 97.6 Å². The van der Waals surface area contributed by atoms with Crippen molar-refractivity contribution in [3.8, 4) is 33.6 Å². The van der Waals surface area contributed by atoms with Gasteiger partial charge < -0.3 is 39.9 Å². The number of aromatic nitrogens is 5. The Balaban J connectivity index is 0.942. The van der Waals surface area contributed by atoms with E-state index in [1.54, 1.807) is 35.6 Å². The van der Waals surface area contributed by atoms with Crippen LogP contribution in [-0.4, -0.2) is 92.1 Å². The highest BCUT2D eigenvalue weighted by atomic mass is 16.5. The number of benzene rings is 3. The zero-order chi connectivity index (χ0) is 42.6. The molecule has 0 radical (unpaired) electrons. The molecule has 5 heterocycles. The summed E-state index contributed by atoms with van der Waals surface area (Å²) >= 11 is 0. The minimum Gasteiger partial charge on any atom is -0.453 e. The molecule has 0 bridgehead atoms. The third-order valence-corrected chi connectivity index (χ3v) is 11.7. The number of likely N-dealkylation sites (tertiary alicyclic amines) is 2. The summed E-state index contributed by atoms with van der Waals surface area (Å²) in [6.45, 7) is 4.93. The molecule has 6 aromatic rings. The zero-order valence-corrected chi connectivity index (χ0v) is 34.6. The molecule has 0 aliphatic carbocycles.